The van der Waals surface area contributed by atoms with Crippen LogP contribution < -0.4 is 0 Å². The molecule has 4 heteroatoms. The number of carbonyl (C=O) groups is 2. The molecule has 0 aromatic heterocycles. The van der Waals surface area contributed by atoms with Gasteiger partial charge in [-0.15, -0.1) is 0 Å². The minimum Gasteiger partial charge on any atom is -0.481 e. The van der Waals surface area contributed by atoms with Crippen molar-refractivity contribution in [2.75, 3.05) is 0 Å². The first-order valence-electron chi connectivity index (χ1n) is 7.51. The van der Waals surface area contributed by atoms with Crippen LogP contribution >= 0.6 is 0 Å². The van der Waals surface area contributed by atoms with Crippen LogP contribution in [0.3, 0.4) is 0 Å². The largest absolute Gasteiger partial charge is 0.481 e. The lowest BCUT2D eigenvalue weighted by Gasteiger charge is -2.16. The second-order valence-electron chi connectivity index (χ2n) is 5.02. The Bertz CT molecular complexity index is 251. The zero-order chi connectivity index (χ0) is 14.5. The van der Waals surface area contributed by atoms with Gasteiger partial charge in [-0.2, -0.15) is 0 Å². The summed E-state index contributed by atoms with van der Waals surface area (Å²) in [4.78, 5) is 22.1. The molecular formula is C15H28O4. The quantitative estimate of drug-likeness (QED) is 0.432. The van der Waals surface area contributed by atoms with Crippen LogP contribution in [-0.2, 0) is 14.3 Å². The van der Waals surface area contributed by atoms with Gasteiger partial charge in [0.2, 0.25) is 0 Å². The van der Waals surface area contributed by atoms with Crippen molar-refractivity contribution in [2.24, 2.45) is 0 Å². The Labute approximate surface area is 116 Å². The van der Waals surface area contributed by atoms with Crippen molar-refractivity contribution >= 4 is 11.9 Å². The van der Waals surface area contributed by atoms with Gasteiger partial charge in [0.05, 0.1) is 6.42 Å². The van der Waals surface area contributed by atoms with Crippen LogP contribution in [0.2, 0.25) is 0 Å². The molecule has 0 spiro atoms. The molecule has 4 nitrogen and oxygen atoms in total. The molecule has 0 aromatic carbocycles. The number of aliphatic carboxylic acids is 1. The second kappa shape index (κ2) is 12.0. The van der Waals surface area contributed by atoms with Crippen molar-refractivity contribution in [3.05, 3.63) is 0 Å². The van der Waals surface area contributed by atoms with E-state index in [-0.39, 0.29) is 12.4 Å². The standard InChI is InChI=1S/C15H28O4/c1-3-5-6-7-8-9-11-13(12-14(16)17)19-15(18)10-4-2/h13H,3-12H2,1-2H3,(H,16,17). The van der Waals surface area contributed by atoms with Crippen molar-refractivity contribution in [2.45, 2.75) is 84.2 Å². The zero-order valence-electron chi connectivity index (χ0n) is 12.3. The number of ether oxygens (including phenoxy) is 1. The normalized spacial score (nSPS) is 12.1. The molecule has 0 aromatic rings. The zero-order valence-corrected chi connectivity index (χ0v) is 12.3. The average Bonchev–Trinajstić information content (AvgIpc) is 2.33. The third kappa shape index (κ3) is 11.7. The lowest BCUT2D eigenvalue weighted by Crippen LogP contribution is -2.21. The molecule has 1 atom stereocenters. The summed E-state index contributed by atoms with van der Waals surface area (Å²) in [6.07, 6.45) is 8.12. The average molecular weight is 272 g/mol. The molecule has 1 unspecified atom stereocenters. The number of carbonyl (C=O) groups excluding carboxylic acids is 1. The Hall–Kier alpha value is -1.06. The Morgan fingerprint density at radius 2 is 1.63 bits per heavy atom. The summed E-state index contributed by atoms with van der Waals surface area (Å²) >= 11 is 0. The van der Waals surface area contributed by atoms with Gasteiger partial charge in [0.1, 0.15) is 6.10 Å². The Kier molecular flexibility index (Phi) is 11.3. The Morgan fingerprint density at radius 3 is 2.21 bits per heavy atom. The van der Waals surface area contributed by atoms with Crippen molar-refractivity contribution < 1.29 is 19.4 Å². The number of unbranched alkanes of at least 4 members (excludes halogenated alkanes) is 5. The van der Waals surface area contributed by atoms with E-state index in [0.717, 1.165) is 19.3 Å². The van der Waals surface area contributed by atoms with E-state index in [1.165, 1.54) is 25.7 Å². The lowest BCUT2D eigenvalue weighted by atomic mass is 10.1. The molecule has 0 amide bonds. The predicted octanol–water partition coefficient (Wildman–Crippen LogP) is 3.92. The Morgan fingerprint density at radius 1 is 1.00 bits per heavy atom. The monoisotopic (exact) mass is 272 g/mol. The summed E-state index contributed by atoms with van der Waals surface area (Å²) in [5, 5.41) is 8.81. The van der Waals surface area contributed by atoms with Crippen molar-refractivity contribution in [3.63, 3.8) is 0 Å². The highest BCUT2D eigenvalue weighted by atomic mass is 16.5. The van der Waals surface area contributed by atoms with Crippen LogP contribution in [0.5, 0.6) is 0 Å². The van der Waals surface area contributed by atoms with Crippen molar-refractivity contribution in [3.8, 4) is 0 Å². The van der Waals surface area contributed by atoms with Gasteiger partial charge in [-0.05, 0) is 19.3 Å². The predicted molar refractivity (Wildman–Crippen MR) is 75.0 cm³/mol. The molecule has 0 aliphatic carbocycles. The van der Waals surface area contributed by atoms with E-state index in [1.54, 1.807) is 0 Å². The number of hydrogen-bond acceptors (Lipinski definition) is 3. The smallest absolute Gasteiger partial charge is 0.307 e. The summed E-state index contributed by atoms with van der Waals surface area (Å²) in [6, 6.07) is 0. The molecule has 0 radical (unpaired) electrons. The van der Waals surface area contributed by atoms with E-state index < -0.39 is 12.1 Å². The topological polar surface area (TPSA) is 63.6 Å². The maximum absolute atomic E-state index is 11.4. The molecule has 0 heterocycles. The van der Waals surface area contributed by atoms with Crippen LogP contribution in [0.15, 0.2) is 0 Å². The summed E-state index contributed by atoms with van der Waals surface area (Å²) in [5.41, 5.74) is 0. The van der Waals surface area contributed by atoms with Crippen LogP contribution in [0.4, 0.5) is 0 Å². The molecule has 0 aliphatic rings. The van der Waals surface area contributed by atoms with Gasteiger partial charge in [0, 0.05) is 6.42 Å². The molecule has 0 aliphatic heterocycles. The maximum atomic E-state index is 11.4. The molecule has 0 saturated carbocycles. The van der Waals surface area contributed by atoms with E-state index in [2.05, 4.69) is 6.92 Å². The SMILES string of the molecule is CCCCCCCCC(CC(=O)O)OC(=O)CCC. The van der Waals surface area contributed by atoms with Gasteiger partial charge in [-0.25, -0.2) is 0 Å². The highest BCUT2D eigenvalue weighted by Crippen LogP contribution is 2.13. The minimum absolute atomic E-state index is 0.0790. The van der Waals surface area contributed by atoms with Gasteiger partial charge in [-0.3, -0.25) is 9.59 Å². The minimum atomic E-state index is -0.903. The van der Waals surface area contributed by atoms with Crippen LogP contribution in [0.25, 0.3) is 0 Å². The summed E-state index contributed by atoms with van der Waals surface area (Å²) < 4.78 is 5.21. The number of carboxylic acids is 1. The van der Waals surface area contributed by atoms with Crippen molar-refractivity contribution in [1.29, 1.82) is 0 Å². The molecule has 19 heavy (non-hydrogen) atoms. The molecule has 0 saturated heterocycles. The highest BCUT2D eigenvalue weighted by molar-refractivity contribution is 5.71. The third-order valence-corrected chi connectivity index (χ3v) is 3.03. The van der Waals surface area contributed by atoms with Crippen LogP contribution in [0.1, 0.15) is 78.1 Å². The van der Waals surface area contributed by atoms with E-state index in [4.69, 9.17) is 9.84 Å². The van der Waals surface area contributed by atoms with Gasteiger partial charge >= 0.3 is 11.9 Å². The van der Waals surface area contributed by atoms with Gasteiger partial charge in [0.25, 0.3) is 0 Å². The van der Waals surface area contributed by atoms with Gasteiger partial charge in [0.15, 0.2) is 0 Å². The lowest BCUT2D eigenvalue weighted by molar-refractivity contribution is -0.153. The van der Waals surface area contributed by atoms with E-state index >= 15 is 0 Å². The fourth-order valence-corrected chi connectivity index (χ4v) is 2.00. The first-order valence-corrected chi connectivity index (χ1v) is 7.51. The molecule has 0 bridgehead atoms. The van der Waals surface area contributed by atoms with Gasteiger partial charge in [-0.1, -0.05) is 46.0 Å². The number of esters is 1. The first kappa shape index (κ1) is 17.9. The van der Waals surface area contributed by atoms with Crippen LogP contribution in [0, 0.1) is 0 Å². The molecule has 1 N–H and O–H groups in total. The fraction of sp³-hybridized carbons (Fsp3) is 0.867. The van der Waals surface area contributed by atoms with E-state index in [1.807, 2.05) is 6.92 Å². The fourth-order valence-electron chi connectivity index (χ4n) is 2.00. The van der Waals surface area contributed by atoms with Crippen molar-refractivity contribution in [1.82, 2.24) is 0 Å². The van der Waals surface area contributed by atoms with Crippen LogP contribution in [-0.4, -0.2) is 23.1 Å². The number of carboxylic acid groups (broad SMARTS) is 1. The summed E-state index contributed by atoms with van der Waals surface area (Å²) in [7, 11) is 0. The number of rotatable bonds is 12. The highest BCUT2D eigenvalue weighted by Gasteiger charge is 2.17. The maximum Gasteiger partial charge on any atom is 0.307 e. The summed E-state index contributed by atoms with van der Waals surface area (Å²) in [6.45, 7) is 4.08. The molecular weight excluding hydrogens is 244 g/mol. The Balaban J connectivity index is 3.86. The second-order valence-corrected chi connectivity index (χ2v) is 5.02. The first-order chi connectivity index (χ1) is 9.10. The molecule has 0 rings (SSSR count). The molecule has 112 valence electrons. The third-order valence-electron chi connectivity index (χ3n) is 3.03. The van der Waals surface area contributed by atoms with Gasteiger partial charge < -0.3 is 9.84 Å². The van der Waals surface area contributed by atoms with E-state index in [9.17, 15) is 9.59 Å². The number of hydrogen-bond donors (Lipinski definition) is 1. The van der Waals surface area contributed by atoms with E-state index in [0.29, 0.717) is 12.8 Å². The molecule has 0 fully saturated rings. The summed E-state index contributed by atoms with van der Waals surface area (Å²) in [5.74, 6) is -1.18.